The number of amides is 1. The lowest BCUT2D eigenvalue weighted by Crippen LogP contribution is -2.24. The summed E-state index contributed by atoms with van der Waals surface area (Å²) in [6.45, 7) is 2.55. The number of hydrogen-bond donors (Lipinski definition) is 2. The highest BCUT2D eigenvalue weighted by molar-refractivity contribution is 5.95. The van der Waals surface area contributed by atoms with E-state index in [9.17, 15) is 9.59 Å². The molecular formula is C23H28N4O3. The number of fused-ring (bicyclic) bond motifs is 1. The quantitative estimate of drug-likeness (QED) is 0.503. The highest BCUT2D eigenvalue weighted by atomic mass is 16.5. The van der Waals surface area contributed by atoms with E-state index in [2.05, 4.69) is 27.5 Å². The Labute approximate surface area is 176 Å². The van der Waals surface area contributed by atoms with Crippen LogP contribution in [0.3, 0.4) is 0 Å². The number of aromatic nitrogens is 2. The van der Waals surface area contributed by atoms with E-state index in [1.807, 2.05) is 42.5 Å². The van der Waals surface area contributed by atoms with Gasteiger partial charge < -0.3 is 15.0 Å². The molecule has 0 aliphatic rings. The lowest BCUT2D eigenvalue weighted by molar-refractivity contribution is -0.116. The van der Waals surface area contributed by atoms with Crippen molar-refractivity contribution in [1.29, 1.82) is 0 Å². The minimum atomic E-state index is -0.216. The van der Waals surface area contributed by atoms with Crippen molar-refractivity contribution in [3.63, 3.8) is 0 Å². The second-order valence-corrected chi connectivity index (χ2v) is 7.33. The predicted molar refractivity (Wildman–Crippen MR) is 120 cm³/mol. The molecule has 0 aliphatic heterocycles. The van der Waals surface area contributed by atoms with E-state index in [4.69, 9.17) is 4.74 Å². The fourth-order valence-corrected chi connectivity index (χ4v) is 3.33. The summed E-state index contributed by atoms with van der Waals surface area (Å²) >= 11 is 0. The first-order valence-corrected chi connectivity index (χ1v) is 10.1. The summed E-state index contributed by atoms with van der Waals surface area (Å²) in [5.74, 6) is -0.00835. The van der Waals surface area contributed by atoms with Crippen LogP contribution in [0.25, 0.3) is 22.0 Å². The van der Waals surface area contributed by atoms with Crippen LogP contribution in [0.15, 0.2) is 53.3 Å². The van der Waals surface area contributed by atoms with Gasteiger partial charge in [0.15, 0.2) is 0 Å². The average molecular weight is 409 g/mol. The molecule has 2 N–H and O–H groups in total. The van der Waals surface area contributed by atoms with Crippen molar-refractivity contribution in [2.45, 2.75) is 19.3 Å². The Hall–Kier alpha value is -3.03. The van der Waals surface area contributed by atoms with Crippen LogP contribution in [0, 0.1) is 0 Å². The molecule has 0 unspecified atom stereocenters. The maximum absolute atomic E-state index is 12.3. The first kappa shape index (κ1) is 21.7. The second kappa shape index (κ2) is 10.7. The SMILES string of the molecule is COCCN(C)CCCCC(=O)Nc1cccc(-c2n[nH]c(=O)c3ccccc23)c1. The second-order valence-electron chi connectivity index (χ2n) is 7.33. The summed E-state index contributed by atoms with van der Waals surface area (Å²) in [5.41, 5.74) is 2.01. The monoisotopic (exact) mass is 408 g/mol. The lowest BCUT2D eigenvalue weighted by atomic mass is 10.0. The maximum atomic E-state index is 12.3. The van der Waals surface area contributed by atoms with Gasteiger partial charge in [-0.3, -0.25) is 9.59 Å². The first-order valence-electron chi connectivity index (χ1n) is 10.1. The normalized spacial score (nSPS) is 11.2. The molecule has 0 saturated heterocycles. The van der Waals surface area contributed by atoms with Crippen molar-refractivity contribution in [3.05, 3.63) is 58.9 Å². The smallest absolute Gasteiger partial charge is 0.272 e. The van der Waals surface area contributed by atoms with Crippen molar-refractivity contribution < 1.29 is 9.53 Å². The molecule has 0 atom stereocenters. The van der Waals surface area contributed by atoms with Crippen molar-refractivity contribution in [2.24, 2.45) is 0 Å². The molecule has 1 aromatic heterocycles. The third-order valence-corrected chi connectivity index (χ3v) is 4.99. The molecule has 158 valence electrons. The van der Waals surface area contributed by atoms with Gasteiger partial charge in [-0.25, -0.2) is 5.10 Å². The average Bonchev–Trinajstić information content (AvgIpc) is 2.76. The Balaban J connectivity index is 1.61. The summed E-state index contributed by atoms with van der Waals surface area (Å²) in [6, 6.07) is 14.9. The zero-order chi connectivity index (χ0) is 21.3. The van der Waals surface area contributed by atoms with E-state index < -0.39 is 0 Å². The number of aromatic amines is 1. The van der Waals surface area contributed by atoms with Crippen LogP contribution in [0.4, 0.5) is 5.69 Å². The number of carbonyl (C=O) groups is 1. The van der Waals surface area contributed by atoms with E-state index in [1.165, 1.54) is 0 Å². The third-order valence-electron chi connectivity index (χ3n) is 4.99. The molecule has 1 heterocycles. The van der Waals surface area contributed by atoms with Crippen LogP contribution in [0.1, 0.15) is 19.3 Å². The van der Waals surface area contributed by atoms with Gasteiger partial charge in [0.05, 0.1) is 17.7 Å². The van der Waals surface area contributed by atoms with E-state index >= 15 is 0 Å². The van der Waals surface area contributed by atoms with Crippen LogP contribution in [-0.4, -0.2) is 54.9 Å². The van der Waals surface area contributed by atoms with Crippen LogP contribution in [0.2, 0.25) is 0 Å². The van der Waals surface area contributed by atoms with Gasteiger partial charge in [0, 0.05) is 36.7 Å². The van der Waals surface area contributed by atoms with E-state index in [0.29, 0.717) is 29.8 Å². The molecule has 0 saturated carbocycles. The van der Waals surface area contributed by atoms with Gasteiger partial charge >= 0.3 is 0 Å². The molecule has 7 nitrogen and oxygen atoms in total. The predicted octanol–water partition coefficient (Wildman–Crippen LogP) is 3.28. The molecule has 2 aromatic carbocycles. The zero-order valence-corrected chi connectivity index (χ0v) is 17.5. The molecule has 0 spiro atoms. The number of anilines is 1. The van der Waals surface area contributed by atoms with Crippen molar-refractivity contribution in [2.75, 3.05) is 39.2 Å². The summed E-state index contributed by atoms with van der Waals surface area (Å²) in [4.78, 5) is 26.5. The molecule has 3 aromatic rings. The van der Waals surface area contributed by atoms with Gasteiger partial charge in [0.1, 0.15) is 0 Å². The standard InChI is InChI=1S/C23H28N4O3/c1-27(14-15-30-2)13-6-5-12-21(28)24-18-9-7-8-17(16-18)22-19-10-3-4-11-20(19)23(29)26-25-22/h3-4,7-11,16H,5-6,12-15H2,1-2H3,(H,24,28)(H,26,29). The fourth-order valence-electron chi connectivity index (χ4n) is 3.33. The summed E-state index contributed by atoms with van der Waals surface area (Å²) in [6.07, 6.45) is 2.26. The van der Waals surface area contributed by atoms with Crippen molar-refractivity contribution in [1.82, 2.24) is 15.1 Å². The van der Waals surface area contributed by atoms with Crippen LogP contribution < -0.4 is 10.9 Å². The molecule has 0 radical (unpaired) electrons. The molecule has 3 rings (SSSR count). The molecule has 0 bridgehead atoms. The van der Waals surface area contributed by atoms with E-state index in [0.717, 1.165) is 36.9 Å². The van der Waals surface area contributed by atoms with Gasteiger partial charge in [0.2, 0.25) is 5.91 Å². The number of hydrogen-bond acceptors (Lipinski definition) is 5. The molecule has 0 fully saturated rings. The number of ether oxygens (including phenoxy) is 1. The van der Waals surface area contributed by atoms with Crippen LogP contribution >= 0.6 is 0 Å². The molecule has 7 heteroatoms. The fraction of sp³-hybridized carbons (Fsp3) is 0.348. The Kier molecular flexibility index (Phi) is 7.70. The zero-order valence-electron chi connectivity index (χ0n) is 17.5. The first-order chi connectivity index (χ1) is 14.6. The summed E-state index contributed by atoms with van der Waals surface area (Å²) in [7, 11) is 3.75. The number of rotatable bonds is 10. The minimum Gasteiger partial charge on any atom is -0.383 e. The molecule has 0 aliphatic carbocycles. The Morgan fingerprint density at radius 3 is 2.70 bits per heavy atom. The maximum Gasteiger partial charge on any atom is 0.272 e. The highest BCUT2D eigenvalue weighted by Crippen LogP contribution is 2.26. The van der Waals surface area contributed by atoms with Crippen molar-refractivity contribution in [3.8, 4) is 11.3 Å². The number of methoxy groups -OCH3 is 1. The van der Waals surface area contributed by atoms with E-state index in [-0.39, 0.29) is 11.5 Å². The number of nitrogens with one attached hydrogen (secondary N) is 2. The topological polar surface area (TPSA) is 87.3 Å². The number of likely N-dealkylation sites (N-methyl/N-ethyl adjacent to an activating group) is 1. The lowest BCUT2D eigenvalue weighted by Gasteiger charge is -2.15. The van der Waals surface area contributed by atoms with Gasteiger partial charge in [0.25, 0.3) is 5.56 Å². The number of carbonyl (C=O) groups excluding carboxylic acids is 1. The van der Waals surface area contributed by atoms with Gasteiger partial charge in [-0.05, 0) is 44.6 Å². The summed E-state index contributed by atoms with van der Waals surface area (Å²) in [5, 5.41) is 11.1. The van der Waals surface area contributed by atoms with Gasteiger partial charge in [-0.15, -0.1) is 0 Å². The van der Waals surface area contributed by atoms with Gasteiger partial charge in [-0.2, -0.15) is 5.10 Å². The molecular weight excluding hydrogens is 380 g/mol. The van der Waals surface area contributed by atoms with Crippen LogP contribution in [-0.2, 0) is 9.53 Å². The molecule has 30 heavy (non-hydrogen) atoms. The van der Waals surface area contributed by atoms with E-state index in [1.54, 1.807) is 13.2 Å². The molecule has 1 amide bonds. The largest absolute Gasteiger partial charge is 0.383 e. The number of unbranched alkanes of at least 4 members (excludes halogenated alkanes) is 1. The highest BCUT2D eigenvalue weighted by Gasteiger charge is 2.10. The third kappa shape index (κ3) is 5.75. The minimum absolute atomic E-state index is 0.00835. The number of nitrogens with zero attached hydrogens (tertiary/aromatic N) is 2. The number of H-pyrrole nitrogens is 1. The number of benzene rings is 2. The Bertz CT molecular complexity index is 1050. The Morgan fingerprint density at radius 1 is 1.10 bits per heavy atom. The van der Waals surface area contributed by atoms with Gasteiger partial charge in [-0.1, -0.05) is 30.3 Å². The van der Waals surface area contributed by atoms with Crippen molar-refractivity contribution >= 4 is 22.4 Å². The Morgan fingerprint density at radius 2 is 1.90 bits per heavy atom. The van der Waals surface area contributed by atoms with Crippen LogP contribution in [0.5, 0.6) is 0 Å². The summed E-state index contributed by atoms with van der Waals surface area (Å²) < 4.78 is 5.07.